The second-order valence-electron chi connectivity index (χ2n) is 6.28. The number of rotatable bonds is 3. The molecule has 4 aromatic rings. The Morgan fingerprint density at radius 3 is 2.33 bits per heavy atom. The van der Waals surface area contributed by atoms with Crippen molar-refractivity contribution >= 4 is 23.1 Å². The number of aromatic nitrogens is 3. The number of halogens is 3. The molecule has 0 spiro atoms. The fraction of sp³-hybridized carbons (Fsp3) is 0.0476. The summed E-state index contributed by atoms with van der Waals surface area (Å²) in [4.78, 5) is 16.7. The van der Waals surface area contributed by atoms with Crippen LogP contribution in [-0.4, -0.2) is 26.7 Å². The van der Waals surface area contributed by atoms with Crippen molar-refractivity contribution in [2.75, 3.05) is 4.90 Å². The van der Waals surface area contributed by atoms with Gasteiger partial charge in [-0.05, 0) is 36.4 Å². The molecule has 2 heterocycles. The highest BCUT2D eigenvalue weighted by Gasteiger charge is 2.44. The van der Waals surface area contributed by atoms with Gasteiger partial charge < -0.3 is 0 Å². The van der Waals surface area contributed by atoms with Gasteiger partial charge in [0.2, 0.25) is 0 Å². The van der Waals surface area contributed by atoms with E-state index in [2.05, 4.69) is 10.1 Å². The zero-order valence-corrected chi connectivity index (χ0v) is 15.2. The SMILES string of the molecule is N#Cc1ccc(N(C(=O)C(F)(F)F)c2cn3nc(-c4ccccc4)ccc3n2)cc1. The maximum atomic E-state index is 13.3. The lowest BCUT2D eigenvalue weighted by Gasteiger charge is -2.21. The average molecular weight is 407 g/mol. The van der Waals surface area contributed by atoms with Gasteiger partial charge in [0, 0.05) is 5.56 Å². The highest BCUT2D eigenvalue weighted by molar-refractivity contribution is 6.03. The number of benzene rings is 2. The molecule has 0 fully saturated rings. The first-order valence-corrected chi connectivity index (χ1v) is 8.70. The first kappa shape index (κ1) is 19.1. The topological polar surface area (TPSA) is 74.3 Å². The quantitative estimate of drug-likeness (QED) is 0.501. The normalized spacial score (nSPS) is 11.3. The molecule has 9 heteroatoms. The first-order chi connectivity index (χ1) is 14.4. The third-order valence-corrected chi connectivity index (χ3v) is 4.31. The number of hydrogen-bond donors (Lipinski definition) is 0. The van der Waals surface area contributed by atoms with Gasteiger partial charge in [0.1, 0.15) is 0 Å². The minimum Gasteiger partial charge on any atom is -0.263 e. The van der Waals surface area contributed by atoms with E-state index in [4.69, 9.17) is 5.26 Å². The molecule has 0 saturated carbocycles. The van der Waals surface area contributed by atoms with Crippen molar-refractivity contribution in [1.82, 2.24) is 14.6 Å². The highest BCUT2D eigenvalue weighted by Crippen LogP contribution is 2.31. The van der Waals surface area contributed by atoms with E-state index in [1.807, 2.05) is 36.4 Å². The van der Waals surface area contributed by atoms with Crippen LogP contribution in [0.1, 0.15) is 5.56 Å². The van der Waals surface area contributed by atoms with Crippen molar-refractivity contribution in [3.05, 3.63) is 78.5 Å². The number of carbonyl (C=O) groups excluding carboxylic acids is 1. The highest BCUT2D eigenvalue weighted by atomic mass is 19.4. The predicted molar refractivity (Wildman–Crippen MR) is 103 cm³/mol. The number of hydrogen-bond acceptors (Lipinski definition) is 4. The van der Waals surface area contributed by atoms with E-state index in [9.17, 15) is 18.0 Å². The number of nitriles is 1. The second-order valence-corrected chi connectivity index (χ2v) is 6.28. The van der Waals surface area contributed by atoms with E-state index in [0.29, 0.717) is 10.6 Å². The van der Waals surface area contributed by atoms with Gasteiger partial charge in [-0.2, -0.15) is 23.5 Å². The van der Waals surface area contributed by atoms with E-state index in [1.165, 1.54) is 35.0 Å². The summed E-state index contributed by atoms with van der Waals surface area (Å²) in [6, 6.07) is 19.6. The van der Waals surface area contributed by atoms with Crippen LogP contribution in [0.3, 0.4) is 0 Å². The molecule has 0 saturated heterocycles. The molecule has 30 heavy (non-hydrogen) atoms. The van der Waals surface area contributed by atoms with Crippen molar-refractivity contribution in [2.45, 2.75) is 6.18 Å². The Balaban J connectivity index is 1.81. The minimum atomic E-state index is -5.12. The van der Waals surface area contributed by atoms with Crippen molar-refractivity contribution in [3.63, 3.8) is 0 Å². The maximum Gasteiger partial charge on any atom is 0.472 e. The van der Waals surface area contributed by atoms with Gasteiger partial charge in [-0.1, -0.05) is 30.3 Å². The Kier molecular flexibility index (Phi) is 4.68. The molecule has 0 radical (unpaired) electrons. The Labute approximate surface area is 168 Å². The Bertz CT molecular complexity index is 1260. The van der Waals surface area contributed by atoms with Crippen LogP contribution in [0.5, 0.6) is 0 Å². The molecule has 148 valence electrons. The molecule has 0 aliphatic carbocycles. The van der Waals surface area contributed by atoms with Gasteiger partial charge in [-0.3, -0.25) is 9.69 Å². The van der Waals surface area contributed by atoms with Crippen LogP contribution in [0.2, 0.25) is 0 Å². The number of imidazole rings is 1. The zero-order chi connectivity index (χ0) is 21.3. The number of anilines is 2. The fourth-order valence-electron chi connectivity index (χ4n) is 2.91. The van der Waals surface area contributed by atoms with Gasteiger partial charge in [0.15, 0.2) is 11.5 Å². The van der Waals surface area contributed by atoms with Crippen molar-refractivity contribution in [3.8, 4) is 17.3 Å². The molecular formula is C21H12F3N5O. The van der Waals surface area contributed by atoms with E-state index >= 15 is 0 Å². The molecular weight excluding hydrogens is 395 g/mol. The van der Waals surface area contributed by atoms with Gasteiger partial charge >= 0.3 is 12.1 Å². The van der Waals surface area contributed by atoms with Crippen molar-refractivity contribution in [1.29, 1.82) is 5.26 Å². The molecule has 6 nitrogen and oxygen atoms in total. The molecule has 1 amide bonds. The number of alkyl halides is 3. The number of amides is 1. The van der Waals surface area contributed by atoms with Crippen LogP contribution in [0.25, 0.3) is 16.9 Å². The standard InChI is InChI=1S/C21H12F3N5O/c22-21(23,24)20(30)29(16-8-6-14(12-25)7-9-16)19-13-28-18(26-19)11-10-17(27-28)15-4-2-1-3-5-15/h1-11,13H. The van der Waals surface area contributed by atoms with Crippen LogP contribution in [0.15, 0.2) is 72.9 Å². The fourth-order valence-corrected chi connectivity index (χ4v) is 2.91. The predicted octanol–water partition coefficient (Wildman–Crippen LogP) is 4.49. The van der Waals surface area contributed by atoms with E-state index in [1.54, 1.807) is 12.1 Å². The van der Waals surface area contributed by atoms with E-state index in [0.717, 1.165) is 5.56 Å². The molecule has 2 aromatic heterocycles. The molecule has 0 aliphatic heterocycles. The third kappa shape index (κ3) is 3.58. The summed E-state index contributed by atoms with van der Waals surface area (Å²) < 4.78 is 41.1. The summed E-state index contributed by atoms with van der Waals surface area (Å²) >= 11 is 0. The monoisotopic (exact) mass is 407 g/mol. The average Bonchev–Trinajstić information content (AvgIpc) is 3.17. The molecule has 0 unspecified atom stereocenters. The second kappa shape index (κ2) is 7.33. The van der Waals surface area contributed by atoms with E-state index < -0.39 is 12.1 Å². The molecule has 0 N–H and O–H groups in total. The number of carbonyl (C=O) groups is 1. The van der Waals surface area contributed by atoms with Gasteiger partial charge in [0.25, 0.3) is 0 Å². The van der Waals surface area contributed by atoms with Crippen LogP contribution in [0, 0.1) is 11.3 Å². The lowest BCUT2D eigenvalue weighted by molar-refractivity contribution is -0.169. The molecule has 2 aromatic carbocycles. The summed E-state index contributed by atoms with van der Waals surface area (Å²) in [5.74, 6) is -2.33. The van der Waals surface area contributed by atoms with Crippen LogP contribution in [-0.2, 0) is 4.79 Å². The molecule has 0 atom stereocenters. The minimum absolute atomic E-state index is 0.0667. The Hall–Kier alpha value is -4.19. The first-order valence-electron chi connectivity index (χ1n) is 8.70. The summed E-state index contributed by atoms with van der Waals surface area (Å²) in [5.41, 5.74) is 1.88. The molecule has 4 rings (SSSR count). The summed E-state index contributed by atoms with van der Waals surface area (Å²) in [7, 11) is 0. The summed E-state index contributed by atoms with van der Waals surface area (Å²) in [5, 5.41) is 13.3. The zero-order valence-electron chi connectivity index (χ0n) is 15.2. The third-order valence-electron chi connectivity index (χ3n) is 4.31. The maximum absolute atomic E-state index is 13.3. The lowest BCUT2D eigenvalue weighted by atomic mass is 10.1. The number of fused-ring (bicyclic) bond motifs is 1. The number of nitrogens with zero attached hydrogens (tertiary/aromatic N) is 5. The van der Waals surface area contributed by atoms with Gasteiger partial charge in [-0.15, -0.1) is 0 Å². The van der Waals surface area contributed by atoms with Crippen molar-refractivity contribution < 1.29 is 18.0 Å². The Morgan fingerprint density at radius 1 is 1.00 bits per heavy atom. The summed E-state index contributed by atoms with van der Waals surface area (Å²) in [6.07, 6.45) is -3.87. The van der Waals surface area contributed by atoms with Crippen LogP contribution >= 0.6 is 0 Å². The molecule has 0 aliphatic rings. The summed E-state index contributed by atoms with van der Waals surface area (Å²) in [6.45, 7) is 0. The Morgan fingerprint density at radius 2 is 1.70 bits per heavy atom. The van der Waals surface area contributed by atoms with Gasteiger partial charge in [0.05, 0.1) is 29.2 Å². The van der Waals surface area contributed by atoms with Crippen LogP contribution < -0.4 is 4.90 Å². The van der Waals surface area contributed by atoms with Gasteiger partial charge in [-0.25, -0.2) is 9.50 Å². The van der Waals surface area contributed by atoms with Crippen LogP contribution in [0.4, 0.5) is 24.7 Å². The smallest absolute Gasteiger partial charge is 0.263 e. The van der Waals surface area contributed by atoms with E-state index in [-0.39, 0.29) is 22.7 Å². The molecule has 0 bridgehead atoms. The van der Waals surface area contributed by atoms with Crippen molar-refractivity contribution in [2.24, 2.45) is 0 Å². The lowest BCUT2D eigenvalue weighted by Crippen LogP contribution is -2.38. The largest absolute Gasteiger partial charge is 0.472 e.